The van der Waals surface area contributed by atoms with Gasteiger partial charge in [-0.25, -0.2) is 12.2 Å². The third-order valence-electron chi connectivity index (χ3n) is 1.55. The minimum atomic E-state index is -0.495. The van der Waals surface area contributed by atoms with Gasteiger partial charge in [-0.3, -0.25) is 6.08 Å². The van der Waals surface area contributed by atoms with Gasteiger partial charge in [0.1, 0.15) is 0 Å². The van der Waals surface area contributed by atoms with Gasteiger partial charge in [0.05, 0.1) is 0 Å². The van der Waals surface area contributed by atoms with Crippen molar-refractivity contribution in [1.29, 1.82) is 0 Å². The molecule has 0 aromatic rings. The van der Waals surface area contributed by atoms with E-state index >= 15 is 0 Å². The maximum Gasteiger partial charge on any atom is 4.00 e. The molecule has 1 aliphatic carbocycles. The largest absolute Gasteiger partial charge is 4.00 e. The number of amides is 3. The summed E-state index contributed by atoms with van der Waals surface area (Å²) in [6.45, 7) is 4.99. The van der Waals surface area contributed by atoms with Crippen molar-refractivity contribution in [3.05, 3.63) is 41.5 Å². The van der Waals surface area contributed by atoms with Crippen molar-refractivity contribution in [2.75, 3.05) is 0 Å². The van der Waals surface area contributed by atoms with Crippen molar-refractivity contribution in [3.8, 4) is 0 Å². The molecule has 0 aromatic carbocycles. The van der Waals surface area contributed by atoms with E-state index in [1.165, 1.54) is 0 Å². The van der Waals surface area contributed by atoms with Gasteiger partial charge in [0.2, 0.25) is 0 Å². The maximum absolute atomic E-state index is 9.48. The van der Waals surface area contributed by atoms with Crippen molar-refractivity contribution in [2.45, 2.75) is 46.5 Å². The summed E-state index contributed by atoms with van der Waals surface area (Å²) in [5, 5.41) is 0. The number of allylic oxidation sites excluding steroid dienone is 4. The van der Waals surface area contributed by atoms with Crippen LogP contribution in [0, 0.1) is 6.08 Å². The van der Waals surface area contributed by atoms with E-state index in [9.17, 15) is 14.4 Å². The van der Waals surface area contributed by atoms with E-state index in [1.54, 1.807) is 20.8 Å². The number of carbonyl (C=O) groups excluding carboxylic acids is 3. The molecule has 0 aromatic heterocycles. The van der Waals surface area contributed by atoms with E-state index in [0.29, 0.717) is 19.3 Å². The Bertz CT molecular complexity index is 286. The quantitative estimate of drug-likeness (QED) is 0.463. The molecule has 1 aliphatic rings. The van der Waals surface area contributed by atoms with E-state index in [-0.39, 0.29) is 25.8 Å². The second-order valence-electron chi connectivity index (χ2n) is 3.33. The standard InChI is InChI=1S/C5H5.3C3H7NO.Hf/c1-2-4-5-3-1;3*1-2-3(4)5;/h1-3H,4H2;3*2H2,1H3,(H2,4,5);/q-1;;;;+4/p-3. The molecule has 7 heteroatoms. The third-order valence-corrected chi connectivity index (χ3v) is 1.55. The average molecular weight is 460 g/mol. The van der Waals surface area contributed by atoms with Crippen molar-refractivity contribution in [1.82, 2.24) is 0 Å². The van der Waals surface area contributed by atoms with Gasteiger partial charge < -0.3 is 31.6 Å². The molecule has 0 atom stereocenters. The van der Waals surface area contributed by atoms with Crippen molar-refractivity contribution >= 4 is 17.7 Å². The number of rotatable bonds is 3. The molecule has 3 N–H and O–H groups in total. The van der Waals surface area contributed by atoms with Crippen LogP contribution >= 0.6 is 0 Å². The molecular weight excluding hydrogens is 437 g/mol. The molecule has 0 saturated heterocycles. The fourth-order valence-corrected chi connectivity index (χ4v) is 0.340. The summed E-state index contributed by atoms with van der Waals surface area (Å²) < 4.78 is 0. The third kappa shape index (κ3) is 55.3. The molecule has 0 heterocycles. The first-order valence-electron chi connectivity index (χ1n) is 6.26. The first kappa shape index (κ1) is 28.0. The first-order valence-corrected chi connectivity index (χ1v) is 6.26. The van der Waals surface area contributed by atoms with Gasteiger partial charge in [0, 0.05) is 17.7 Å². The number of nitrogens with one attached hydrogen (secondary N) is 3. The normalized spacial score (nSPS) is 9.48. The molecule has 0 saturated carbocycles. The zero-order valence-electron chi connectivity index (χ0n) is 12.8. The smallest absolute Gasteiger partial charge is 0.668 e. The zero-order valence-corrected chi connectivity index (χ0v) is 16.4. The van der Waals surface area contributed by atoms with Crippen LogP contribution in [0.2, 0.25) is 0 Å². The van der Waals surface area contributed by atoms with Crippen molar-refractivity contribution in [3.63, 3.8) is 0 Å². The van der Waals surface area contributed by atoms with Crippen LogP contribution in [0.15, 0.2) is 18.2 Å². The molecule has 116 valence electrons. The van der Waals surface area contributed by atoms with Crippen LogP contribution < -0.4 is 0 Å². The van der Waals surface area contributed by atoms with E-state index in [1.807, 2.05) is 12.2 Å². The van der Waals surface area contributed by atoms with Crippen LogP contribution in [0.1, 0.15) is 46.5 Å². The van der Waals surface area contributed by atoms with Crippen LogP contribution in [-0.2, 0) is 40.2 Å². The molecule has 0 bridgehead atoms. The van der Waals surface area contributed by atoms with Gasteiger partial charge in [-0.1, -0.05) is 20.8 Å². The van der Waals surface area contributed by atoms with Gasteiger partial charge >= 0.3 is 25.8 Å². The SMILES string of the molecule is CCC([NH-])=O.CCC([NH-])=O.CCC([NH-])=O.[C-]1=CC=CC1.[Hf+4]. The van der Waals surface area contributed by atoms with Crippen LogP contribution in [0.25, 0.3) is 17.2 Å². The van der Waals surface area contributed by atoms with Gasteiger partial charge in [0.15, 0.2) is 0 Å². The van der Waals surface area contributed by atoms with Gasteiger partial charge in [-0.15, -0.1) is 6.42 Å². The Morgan fingerprint density at radius 1 is 0.905 bits per heavy atom. The first-order chi connectivity index (χ1) is 9.31. The molecule has 3 amide bonds. The monoisotopic (exact) mass is 461 g/mol. The number of carbonyl (C=O) groups is 3. The van der Waals surface area contributed by atoms with Gasteiger partial charge in [0.25, 0.3) is 0 Å². The topological polar surface area (TPSA) is 123 Å². The Hall–Kier alpha value is -1.24. The summed E-state index contributed by atoms with van der Waals surface area (Å²) in [6.07, 6.45) is 11.0. The van der Waals surface area contributed by atoms with Crippen molar-refractivity contribution < 1.29 is 40.2 Å². The summed E-state index contributed by atoms with van der Waals surface area (Å²) in [4.78, 5) is 28.4. The summed E-state index contributed by atoms with van der Waals surface area (Å²) in [7, 11) is 0. The maximum atomic E-state index is 9.48. The van der Waals surface area contributed by atoms with Crippen molar-refractivity contribution in [2.24, 2.45) is 0 Å². The van der Waals surface area contributed by atoms with E-state index < -0.39 is 17.7 Å². The van der Waals surface area contributed by atoms with Crippen LogP contribution in [0.4, 0.5) is 0 Å². The number of hydrogen-bond donors (Lipinski definition) is 0. The molecule has 0 aliphatic heterocycles. The summed E-state index contributed by atoms with van der Waals surface area (Å²) in [6, 6.07) is 0. The van der Waals surface area contributed by atoms with Gasteiger partial charge in [-0.2, -0.15) is 6.08 Å². The van der Waals surface area contributed by atoms with E-state index in [0.717, 1.165) is 6.42 Å². The van der Waals surface area contributed by atoms with Crippen LogP contribution in [-0.4, -0.2) is 17.7 Å². The molecule has 0 unspecified atom stereocenters. The van der Waals surface area contributed by atoms with Crippen LogP contribution in [0.3, 0.4) is 0 Å². The Kier molecular flexibility index (Phi) is 31.8. The zero-order chi connectivity index (χ0) is 16.4. The Balaban J connectivity index is -0.0000000903. The average Bonchev–Trinajstić information content (AvgIpc) is 2.99. The Labute approximate surface area is 146 Å². The van der Waals surface area contributed by atoms with Gasteiger partial charge in [-0.05, 0) is 19.3 Å². The molecular formula is C14H23HfN3O3. The minimum Gasteiger partial charge on any atom is -0.668 e. The van der Waals surface area contributed by atoms with Crippen LogP contribution in [0.5, 0.6) is 0 Å². The second-order valence-corrected chi connectivity index (χ2v) is 3.33. The molecule has 0 fully saturated rings. The predicted molar refractivity (Wildman–Crippen MR) is 80.4 cm³/mol. The summed E-state index contributed by atoms with van der Waals surface area (Å²) in [5.74, 6) is -1.49. The fraction of sp³-hybridized carbons (Fsp3) is 0.500. The molecule has 0 spiro atoms. The summed E-state index contributed by atoms with van der Waals surface area (Å²) >= 11 is 0. The fourth-order valence-electron chi connectivity index (χ4n) is 0.340. The number of hydrogen-bond acceptors (Lipinski definition) is 3. The molecule has 21 heavy (non-hydrogen) atoms. The molecule has 1 rings (SSSR count). The Morgan fingerprint density at radius 3 is 1.24 bits per heavy atom. The molecule has 6 nitrogen and oxygen atoms in total. The Morgan fingerprint density at radius 2 is 1.19 bits per heavy atom. The minimum absolute atomic E-state index is 0. The van der Waals surface area contributed by atoms with E-state index in [4.69, 9.17) is 17.2 Å². The summed E-state index contributed by atoms with van der Waals surface area (Å²) in [5.41, 5.74) is 18.6. The predicted octanol–water partition coefficient (Wildman–Crippen LogP) is 4.23. The molecule has 0 radical (unpaired) electrons. The van der Waals surface area contributed by atoms with E-state index in [2.05, 4.69) is 12.2 Å². The second kappa shape index (κ2) is 23.8.